The van der Waals surface area contributed by atoms with E-state index in [1.807, 2.05) is 91.9 Å². The van der Waals surface area contributed by atoms with Crippen LogP contribution in [0.1, 0.15) is 11.3 Å². The Balaban J connectivity index is 1.93. The average molecular weight is 367 g/mol. The molecule has 0 radical (unpaired) electrons. The molecule has 0 atom stereocenters. The molecule has 0 fully saturated rings. The maximum Gasteiger partial charge on any atom is 0.211 e. The second-order valence-corrected chi connectivity index (χ2v) is 8.82. The minimum Gasteiger partial charge on any atom is -0.300 e. The molecule has 27 heavy (non-hydrogen) atoms. The van der Waals surface area contributed by atoms with Crippen LogP contribution in [0, 0.1) is 18.5 Å². The standard InChI is InChI=1S/C24H18NOP/c1-19-9-8-10-20-15-17-25-23(24(19)20)16-18-27(26,21-11-4-2-5-12-21)22-13-6-3-7-14-22/h2-15,17H,1H3. The lowest BCUT2D eigenvalue weighted by molar-refractivity contribution is 0.593. The Morgan fingerprint density at radius 1 is 0.778 bits per heavy atom. The molecule has 0 unspecified atom stereocenters. The summed E-state index contributed by atoms with van der Waals surface area (Å²) in [4.78, 5) is 4.46. The zero-order valence-corrected chi connectivity index (χ0v) is 15.9. The Morgan fingerprint density at radius 2 is 1.41 bits per heavy atom. The third kappa shape index (κ3) is 3.31. The quantitative estimate of drug-likeness (QED) is 0.374. The minimum atomic E-state index is -3.08. The van der Waals surface area contributed by atoms with E-state index in [4.69, 9.17) is 0 Å². The van der Waals surface area contributed by atoms with Gasteiger partial charge in [0, 0.05) is 22.2 Å². The Morgan fingerprint density at radius 3 is 2.04 bits per heavy atom. The molecule has 0 spiro atoms. The SMILES string of the molecule is Cc1cccc2ccnc(C#CP(=O)(c3ccccc3)c3ccccc3)c12. The summed E-state index contributed by atoms with van der Waals surface area (Å²) < 4.78 is 14.0. The van der Waals surface area contributed by atoms with Crippen molar-refractivity contribution in [2.75, 3.05) is 0 Å². The van der Waals surface area contributed by atoms with Crippen LogP contribution in [-0.4, -0.2) is 4.98 Å². The molecule has 3 aromatic carbocycles. The number of nitrogens with zero attached hydrogens (tertiary/aromatic N) is 1. The molecule has 0 bridgehead atoms. The predicted octanol–water partition coefficient (Wildman–Crippen LogP) is 4.87. The molecule has 4 aromatic rings. The van der Waals surface area contributed by atoms with Gasteiger partial charge in [-0.1, -0.05) is 78.9 Å². The average Bonchev–Trinajstić information content (AvgIpc) is 2.73. The lowest BCUT2D eigenvalue weighted by atomic mass is 10.1. The molecule has 0 saturated heterocycles. The molecule has 0 aliphatic carbocycles. The molecule has 0 aliphatic heterocycles. The summed E-state index contributed by atoms with van der Waals surface area (Å²) in [6.45, 7) is 2.04. The zero-order chi connectivity index (χ0) is 18.7. The minimum absolute atomic E-state index is 0.665. The molecule has 3 heteroatoms. The normalized spacial score (nSPS) is 11.0. The van der Waals surface area contributed by atoms with Gasteiger partial charge < -0.3 is 0 Å². The molecule has 0 aliphatic rings. The highest BCUT2D eigenvalue weighted by atomic mass is 31.2. The summed E-state index contributed by atoms with van der Waals surface area (Å²) >= 11 is 0. The van der Waals surface area contributed by atoms with Crippen LogP contribution >= 0.6 is 7.14 Å². The molecule has 1 aromatic heterocycles. The fraction of sp³-hybridized carbons (Fsp3) is 0.0417. The topological polar surface area (TPSA) is 30.0 Å². The van der Waals surface area contributed by atoms with E-state index >= 15 is 0 Å². The van der Waals surface area contributed by atoms with Gasteiger partial charge in [-0.05, 0) is 35.5 Å². The lowest BCUT2D eigenvalue weighted by Gasteiger charge is -2.12. The first-order valence-corrected chi connectivity index (χ1v) is 10.5. The number of benzene rings is 3. The van der Waals surface area contributed by atoms with Gasteiger partial charge in [-0.25, -0.2) is 4.98 Å². The van der Waals surface area contributed by atoms with E-state index < -0.39 is 7.14 Å². The van der Waals surface area contributed by atoms with Crippen molar-refractivity contribution in [3.8, 4) is 11.6 Å². The molecule has 2 nitrogen and oxygen atoms in total. The summed E-state index contributed by atoms with van der Waals surface area (Å²) in [5, 5.41) is 3.57. The largest absolute Gasteiger partial charge is 0.300 e. The summed E-state index contributed by atoms with van der Waals surface area (Å²) in [6, 6.07) is 27.0. The highest BCUT2D eigenvalue weighted by Crippen LogP contribution is 2.42. The fourth-order valence-corrected chi connectivity index (χ4v) is 5.19. The van der Waals surface area contributed by atoms with Crippen molar-refractivity contribution in [1.82, 2.24) is 4.98 Å². The van der Waals surface area contributed by atoms with Crippen LogP contribution in [0.15, 0.2) is 91.1 Å². The van der Waals surface area contributed by atoms with Crippen molar-refractivity contribution in [3.05, 3.63) is 102 Å². The lowest BCUT2D eigenvalue weighted by Crippen LogP contribution is -2.14. The van der Waals surface area contributed by atoms with Crippen molar-refractivity contribution < 1.29 is 4.57 Å². The van der Waals surface area contributed by atoms with Crippen LogP contribution in [0.5, 0.6) is 0 Å². The molecule has 0 saturated carbocycles. The Kier molecular flexibility index (Phi) is 4.63. The van der Waals surface area contributed by atoms with Gasteiger partial charge in [-0.15, -0.1) is 0 Å². The number of aromatic nitrogens is 1. The zero-order valence-electron chi connectivity index (χ0n) is 15.0. The van der Waals surface area contributed by atoms with Gasteiger partial charge in [0.25, 0.3) is 0 Å². The second kappa shape index (κ2) is 7.23. The van der Waals surface area contributed by atoms with Crippen molar-refractivity contribution in [3.63, 3.8) is 0 Å². The Bertz CT molecular complexity index is 1160. The summed E-state index contributed by atoms with van der Waals surface area (Å²) in [5.41, 5.74) is 4.88. The number of hydrogen-bond acceptors (Lipinski definition) is 2. The molecule has 0 N–H and O–H groups in total. The van der Waals surface area contributed by atoms with Crippen LogP contribution in [0.3, 0.4) is 0 Å². The van der Waals surface area contributed by atoms with Crippen LogP contribution < -0.4 is 10.6 Å². The van der Waals surface area contributed by atoms with Gasteiger partial charge in [-0.3, -0.25) is 4.57 Å². The first kappa shape index (κ1) is 17.3. The van der Waals surface area contributed by atoms with Gasteiger partial charge >= 0.3 is 0 Å². The fourth-order valence-electron chi connectivity index (χ4n) is 3.19. The number of pyridine rings is 1. The molecule has 130 valence electrons. The third-order valence-electron chi connectivity index (χ3n) is 4.57. The first-order chi connectivity index (χ1) is 13.2. The number of hydrogen-bond donors (Lipinski definition) is 0. The highest BCUT2D eigenvalue weighted by Gasteiger charge is 2.24. The molecular weight excluding hydrogens is 349 g/mol. The number of fused-ring (bicyclic) bond motifs is 1. The highest BCUT2D eigenvalue weighted by molar-refractivity contribution is 7.83. The Labute approximate surface area is 159 Å². The van der Waals surface area contributed by atoms with E-state index in [0.717, 1.165) is 26.9 Å². The number of rotatable bonds is 2. The van der Waals surface area contributed by atoms with Crippen molar-refractivity contribution in [2.24, 2.45) is 0 Å². The van der Waals surface area contributed by atoms with Gasteiger partial charge in [0.1, 0.15) is 5.69 Å². The van der Waals surface area contributed by atoms with Gasteiger partial charge in [-0.2, -0.15) is 0 Å². The predicted molar refractivity (Wildman–Crippen MR) is 113 cm³/mol. The second-order valence-electron chi connectivity index (χ2n) is 6.35. The van der Waals surface area contributed by atoms with Gasteiger partial charge in [0.2, 0.25) is 7.14 Å². The van der Waals surface area contributed by atoms with E-state index in [1.54, 1.807) is 6.20 Å². The van der Waals surface area contributed by atoms with E-state index in [-0.39, 0.29) is 0 Å². The third-order valence-corrected chi connectivity index (χ3v) is 7.05. The van der Waals surface area contributed by atoms with Crippen molar-refractivity contribution in [2.45, 2.75) is 6.92 Å². The van der Waals surface area contributed by atoms with E-state index in [1.165, 1.54) is 0 Å². The smallest absolute Gasteiger partial charge is 0.211 e. The molecular formula is C24H18NOP. The van der Waals surface area contributed by atoms with Gasteiger partial charge in [0.05, 0.1) is 0 Å². The molecule has 4 rings (SSSR count). The van der Waals surface area contributed by atoms with Crippen LogP contribution in [0.4, 0.5) is 0 Å². The van der Waals surface area contributed by atoms with E-state index in [2.05, 4.69) is 16.6 Å². The summed E-state index contributed by atoms with van der Waals surface area (Å²) in [5.74, 6) is 3.14. The van der Waals surface area contributed by atoms with Crippen LogP contribution in [-0.2, 0) is 4.57 Å². The van der Waals surface area contributed by atoms with Gasteiger partial charge in [0.15, 0.2) is 0 Å². The van der Waals surface area contributed by atoms with E-state index in [9.17, 15) is 4.57 Å². The molecule has 0 amide bonds. The monoisotopic (exact) mass is 367 g/mol. The molecule has 1 heterocycles. The summed E-state index contributed by atoms with van der Waals surface area (Å²) in [6.07, 6.45) is 1.75. The van der Waals surface area contributed by atoms with E-state index in [0.29, 0.717) is 5.69 Å². The summed E-state index contributed by atoms with van der Waals surface area (Å²) in [7, 11) is -3.08. The van der Waals surface area contributed by atoms with Crippen LogP contribution in [0.25, 0.3) is 10.8 Å². The van der Waals surface area contributed by atoms with Crippen molar-refractivity contribution >= 4 is 28.5 Å². The number of aryl methyl sites for hydroxylation is 1. The maximum atomic E-state index is 14.0. The van der Waals surface area contributed by atoms with Crippen LogP contribution in [0.2, 0.25) is 0 Å². The Hall–Kier alpha value is -3.14. The van der Waals surface area contributed by atoms with Crippen molar-refractivity contribution in [1.29, 1.82) is 0 Å². The maximum absolute atomic E-state index is 14.0. The first-order valence-electron chi connectivity index (χ1n) is 8.77.